The summed E-state index contributed by atoms with van der Waals surface area (Å²) in [6.45, 7) is 4.92. The van der Waals surface area contributed by atoms with Gasteiger partial charge in [0.25, 0.3) is 0 Å². The number of likely N-dealkylation sites (tertiary alicyclic amines) is 1. The second kappa shape index (κ2) is 6.35. The first-order chi connectivity index (χ1) is 9.03. The van der Waals surface area contributed by atoms with E-state index in [-0.39, 0.29) is 6.04 Å². The van der Waals surface area contributed by atoms with E-state index in [0.29, 0.717) is 9.37 Å². The fourth-order valence-electron chi connectivity index (χ4n) is 2.38. The van der Waals surface area contributed by atoms with Crippen LogP contribution in [0.1, 0.15) is 19.8 Å². The summed E-state index contributed by atoms with van der Waals surface area (Å²) in [5.74, 6) is 0. The Labute approximate surface area is 123 Å². The van der Waals surface area contributed by atoms with E-state index in [1.54, 1.807) is 18.2 Å². The maximum absolute atomic E-state index is 12.4. The molecule has 1 N–H and O–H groups in total. The lowest BCUT2D eigenvalue weighted by Gasteiger charge is -2.32. The summed E-state index contributed by atoms with van der Waals surface area (Å²) in [5.41, 5.74) is 0. The Bertz CT molecular complexity index is 533. The van der Waals surface area contributed by atoms with Crippen molar-refractivity contribution < 1.29 is 8.42 Å². The van der Waals surface area contributed by atoms with Gasteiger partial charge in [0.05, 0.1) is 4.90 Å². The number of hydrogen-bond donors (Lipinski definition) is 1. The second-order valence-corrected chi connectivity index (χ2v) is 7.32. The van der Waals surface area contributed by atoms with Gasteiger partial charge in [0.2, 0.25) is 10.0 Å². The fraction of sp³-hybridized carbons (Fsp3) is 0.538. The highest BCUT2D eigenvalue weighted by molar-refractivity contribution is 9.10. The number of nitrogens with one attached hydrogen (secondary N) is 1. The molecule has 106 valence electrons. The monoisotopic (exact) mass is 346 g/mol. The molecule has 0 saturated carbocycles. The Kier molecular flexibility index (Phi) is 5.00. The van der Waals surface area contributed by atoms with Crippen LogP contribution in [0.25, 0.3) is 0 Å². The van der Waals surface area contributed by atoms with Crippen molar-refractivity contribution in [1.29, 1.82) is 0 Å². The molecule has 1 fully saturated rings. The largest absolute Gasteiger partial charge is 0.302 e. The Morgan fingerprint density at radius 1 is 1.42 bits per heavy atom. The van der Waals surface area contributed by atoms with Crippen LogP contribution in [-0.4, -0.2) is 39.0 Å². The minimum atomic E-state index is -3.45. The highest BCUT2D eigenvalue weighted by atomic mass is 79.9. The fourth-order valence-corrected chi connectivity index (χ4v) is 4.65. The summed E-state index contributed by atoms with van der Waals surface area (Å²) in [7, 11) is -3.45. The third kappa shape index (κ3) is 3.78. The van der Waals surface area contributed by atoms with Gasteiger partial charge in [-0.3, -0.25) is 0 Å². The van der Waals surface area contributed by atoms with Crippen LogP contribution < -0.4 is 4.72 Å². The molecular formula is C13H19BrN2O2S. The van der Waals surface area contributed by atoms with Gasteiger partial charge in [0.1, 0.15) is 0 Å². The maximum atomic E-state index is 12.4. The van der Waals surface area contributed by atoms with E-state index < -0.39 is 10.0 Å². The summed E-state index contributed by atoms with van der Waals surface area (Å²) in [4.78, 5) is 2.58. The lowest BCUT2D eigenvalue weighted by molar-refractivity contribution is 0.211. The molecule has 0 amide bonds. The van der Waals surface area contributed by atoms with Crippen LogP contribution in [0.15, 0.2) is 33.6 Å². The first kappa shape index (κ1) is 15.0. The summed E-state index contributed by atoms with van der Waals surface area (Å²) < 4.78 is 28.1. The van der Waals surface area contributed by atoms with Gasteiger partial charge in [-0.15, -0.1) is 0 Å². The first-order valence-corrected chi connectivity index (χ1v) is 8.80. The quantitative estimate of drug-likeness (QED) is 0.909. The molecule has 0 radical (unpaired) electrons. The summed E-state index contributed by atoms with van der Waals surface area (Å²) in [5, 5.41) is 0. The molecule has 6 heteroatoms. The zero-order valence-electron chi connectivity index (χ0n) is 11.0. The van der Waals surface area contributed by atoms with Crippen molar-refractivity contribution in [3.05, 3.63) is 28.7 Å². The maximum Gasteiger partial charge on any atom is 0.241 e. The van der Waals surface area contributed by atoms with Gasteiger partial charge in [0.15, 0.2) is 0 Å². The highest BCUT2D eigenvalue weighted by Gasteiger charge is 2.25. The van der Waals surface area contributed by atoms with E-state index in [9.17, 15) is 8.42 Å². The van der Waals surface area contributed by atoms with Gasteiger partial charge in [0, 0.05) is 17.1 Å². The number of likely N-dealkylation sites (N-methyl/N-ethyl adjacent to an activating group) is 1. The Morgan fingerprint density at radius 2 is 2.16 bits per heavy atom. The Morgan fingerprint density at radius 3 is 2.84 bits per heavy atom. The van der Waals surface area contributed by atoms with Gasteiger partial charge in [-0.2, -0.15) is 0 Å². The number of nitrogens with zero attached hydrogens (tertiary/aromatic N) is 1. The first-order valence-electron chi connectivity index (χ1n) is 6.52. The van der Waals surface area contributed by atoms with Gasteiger partial charge in [-0.25, -0.2) is 13.1 Å². The molecule has 4 nitrogen and oxygen atoms in total. The normalized spacial score (nSPS) is 21.5. The molecule has 1 unspecified atom stereocenters. The molecule has 0 aromatic heterocycles. The van der Waals surface area contributed by atoms with E-state index in [1.807, 2.05) is 6.07 Å². The average Bonchev–Trinajstić information content (AvgIpc) is 2.38. The molecule has 1 aromatic carbocycles. The zero-order chi connectivity index (χ0) is 13.9. The summed E-state index contributed by atoms with van der Waals surface area (Å²) in [6, 6.07) is 6.91. The summed E-state index contributed by atoms with van der Waals surface area (Å²) in [6.07, 6.45) is 1.94. The third-order valence-corrected chi connectivity index (χ3v) is 5.93. The molecule has 1 aliphatic rings. The Hall–Kier alpha value is -0.430. The van der Waals surface area contributed by atoms with Crippen molar-refractivity contribution in [2.24, 2.45) is 0 Å². The minimum absolute atomic E-state index is 0.00538. The van der Waals surface area contributed by atoms with Crippen molar-refractivity contribution in [2.45, 2.75) is 30.7 Å². The molecule has 2 rings (SSSR count). The number of hydrogen-bond acceptors (Lipinski definition) is 3. The van der Waals surface area contributed by atoms with Crippen molar-refractivity contribution in [3.8, 4) is 0 Å². The Balaban J connectivity index is 2.11. The highest BCUT2D eigenvalue weighted by Crippen LogP contribution is 2.22. The molecule has 19 heavy (non-hydrogen) atoms. The predicted molar refractivity (Wildman–Crippen MR) is 79.6 cm³/mol. The minimum Gasteiger partial charge on any atom is -0.302 e. The van der Waals surface area contributed by atoms with E-state index in [1.165, 1.54) is 0 Å². The predicted octanol–water partition coefficient (Wildman–Crippen LogP) is 2.21. The van der Waals surface area contributed by atoms with Gasteiger partial charge in [-0.05, 0) is 54.0 Å². The van der Waals surface area contributed by atoms with Crippen LogP contribution in [0.5, 0.6) is 0 Å². The van der Waals surface area contributed by atoms with E-state index in [2.05, 4.69) is 32.5 Å². The molecule has 0 bridgehead atoms. The molecule has 0 spiro atoms. The molecule has 1 saturated heterocycles. The van der Waals surface area contributed by atoms with Crippen molar-refractivity contribution >= 4 is 26.0 Å². The van der Waals surface area contributed by atoms with Gasteiger partial charge >= 0.3 is 0 Å². The van der Waals surface area contributed by atoms with Crippen LogP contribution in [0, 0.1) is 0 Å². The lowest BCUT2D eigenvalue weighted by Crippen LogP contribution is -2.47. The number of rotatable bonds is 4. The molecule has 1 heterocycles. The SMILES string of the molecule is CCN1CCCC(NS(=O)(=O)c2ccccc2Br)C1. The van der Waals surface area contributed by atoms with Crippen molar-refractivity contribution in [2.75, 3.05) is 19.6 Å². The molecule has 1 aliphatic heterocycles. The zero-order valence-corrected chi connectivity index (χ0v) is 13.4. The lowest BCUT2D eigenvalue weighted by atomic mass is 10.1. The smallest absolute Gasteiger partial charge is 0.241 e. The van der Waals surface area contributed by atoms with Crippen LogP contribution in [0.2, 0.25) is 0 Å². The second-order valence-electron chi connectivity index (χ2n) is 4.78. The van der Waals surface area contributed by atoms with Crippen LogP contribution in [0.4, 0.5) is 0 Å². The van der Waals surface area contributed by atoms with Crippen LogP contribution in [0.3, 0.4) is 0 Å². The van der Waals surface area contributed by atoms with Crippen LogP contribution >= 0.6 is 15.9 Å². The molecular weight excluding hydrogens is 328 g/mol. The van der Waals surface area contributed by atoms with Crippen LogP contribution in [-0.2, 0) is 10.0 Å². The van der Waals surface area contributed by atoms with E-state index >= 15 is 0 Å². The van der Waals surface area contributed by atoms with Crippen molar-refractivity contribution in [1.82, 2.24) is 9.62 Å². The number of halogens is 1. The number of sulfonamides is 1. The standard InChI is InChI=1S/C13H19BrN2O2S/c1-2-16-9-5-6-11(10-16)15-19(17,18)13-8-4-3-7-12(13)14/h3-4,7-8,11,15H,2,5-6,9-10H2,1H3. The average molecular weight is 347 g/mol. The molecule has 0 aliphatic carbocycles. The van der Waals surface area contributed by atoms with E-state index in [4.69, 9.17) is 0 Å². The van der Waals surface area contributed by atoms with Gasteiger partial charge < -0.3 is 4.90 Å². The number of benzene rings is 1. The van der Waals surface area contributed by atoms with Gasteiger partial charge in [-0.1, -0.05) is 19.1 Å². The van der Waals surface area contributed by atoms with Crippen molar-refractivity contribution in [3.63, 3.8) is 0 Å². The topological polar surface area (TPSA) is 49.4 Å². The molecule has 1 atom stereocenters. The van der Waals surface area contributed by atoms with E-state index in [0.717, 1.165) is 32.5 Å². The third-order valence-electron chi connectivity index (χ3n) is 3.40. The summed E-state index contributed by atoms with van der Waals surface area (Å²) >= 11 is 3.29. The number of piperidine rings is 1. The molecule has 1 aromatic rings.